The first-order chi connectivity index (χ1) is 2.89. The Morgan fingerprint density at radius 1 is 1.83 bits per heavy atom. The molecule has 0 aromatic rings. The van der Waals surface area contributed by atoms with Gasteiger partial charge in [-0.3, -0.25) is 4.99 Å². The third kappa shape index (κ3) is 0.801. The minimum Gasteiger partial charge on any atom is -0.288 e. The Kier molecular flexibility index (Phi) is 1.24. The molecule has 0 radical (unpaired) electrons. The van der Waals surface area contributed by atoms with Gasteiger partial charge in [-0.25, -0.2) is 0 Å². The standard InChI is InChI=1S/C4H4IN/c5-4-1-2-6-3-4/h1,3H,2H2. The van der Waals surface area contributed by atoms with Gasteiger partial charge in [0.25, 0.3) is 0 Å². The van der Waals surface area contributed by atoms with Crippen LogP contribution in [0.3, 0.4) is 0 Å². The Hall–Kier alpha value is 0.140. The van der Waals surface area contributed by atoms with Crippen LogP contribution in [0.1, 0.15) is 0 Å². The zero-order valence-corrected chi connectivity index (χ0v) is 5.34. The van der Waals surface area contributed by atoms with Crippen molar-refractivity contribution in [1.29, 1.82) is 0 Å². The third-order valence-corrected chi connectivity index (χ3v) is 1.33. The first kappa shape index (κ1) is 4.30. The van der Waals surface area contributed by atoms with Gasteiger partial charge in [0.1, 0.15) is 0 Å². The summed E-state index contributed by atoms with van der Waals surface area (Å²) in [6.45, 7) is 0.887. The number of halogens is 1. The van der Waals surface area contributed by atoms with E-state index in [1.54, 1.807) is 0 Å². The molecule has 0 aliphatic carbocycles. The van der Waals surface area contributed by atoms with Gasteiger partial charge in [0.15, 0.2) is 0 Å². The van der Waals surface area contributed by atoms with Crippen LogP contribution in [0.2, 0.25) is 0 Å². The Bertz CT molecular complexity index is 101. The van der Waals surface area contributed by atoms with Crippen molar-refractivity contribution in [2.24, 2.45) is 4.99 Å². The van der Waals surface area contributed by atoms with Crippen LogP contribution in [0.5, 0.6) is 0 Å². The molecule has 6 heavy (non-hydrogen) atoms. The van der Waals surface area contributed by atoms with E-state index in [9.17, 15) is 0 Å². The lowest BCUT2D eigenvalue weighted by Crippen LogP contribution is -1.56. The number of rotatable bonds is 0. The summed E-state index contributed by atoms with van der Waals surface area (Å²) < 4.78 is 1.26. The van der Waals surface area contributed by atoms with Crippen LogP contribution < -0.4 is 0 Å². The van der Waals surface area contributed by atoms with Crippen LogP contribution in [0.25, 0.3) is 0 Å². The maximum absolute atomic E-state index is 3.94. The molecular weight excluding hydrogens is 189 g/mol. The van der Waals surface area contributed by atoms with E-state index >= 15 is 0 Å². The van der Waals surface area contributed by atoms with Crippen LogP contribution in [0.15, 0.2) is 14.6 Å². The van der Waals surface area contributed by atoms with Gasteiger partial charge in [-0.2, -0.15) is 0 Å². The zero-order chi connectivity index (χ0) is 4.41. The van der Waals surface area contributed by atoms with Crippen molar-refractivity contribution in [2.45, 2.75) is 0 Å². The van der Waals surface area contributed by atoms with E-state index in [1.807, 2.05) is 6.21 Å². The highest BCUT2D eigenvalue weighted by molar-refractivity contribution is 14.1. The van der Waals surface area contributed by atoms with E-state index in [4.69, 9.17) is 0 Å². The second kappa shape index (κ2) is 1.73. The van der Waals surface area contributed by atoms with Crippen molar-refractivity contribution in [2.75, 3.05) is 6.54 Å². The largest absolute Gasteiger partial charge is 0.288 e. The van der Waals surface area contributed by atoms with Crippen LogP contribution in [0, 0.1) is 0 Å². The highest BCUT2D eigenvalue weighted by Crippen LogP contribution is 2.05. The summed E-state index contributed by atoms with van der Waals surface area (Å²) in [5.41, 5.74) is 0. The van der Waals surface area contributed by atoms with Crippen LogP contribution in [-0.4, -0.2) is 12.8 Å². The number of nitrogens with zero attached hydrogens (tertiary/aromatic N) is 1. The van der Waals surface area contributed by atoms with Crippen molar-refractivity contribution in [3.05, 3.63) is 9.66 Å². The molecule has 1 rings (SSSR count). The summed E-state index contributed by atoms with van der Waals surface area (Å²) in [5.74, 6) is 0. The Labute approximate surface area is 50.3 Å². The molecule has 1 heterocycles. The van der Waals surface area contributed by atoms with Crippen LogP contribution in [-0.2, 0) is 0 Å². The molecular formula is C4H4IN. The smallest absolute Gasteiger partial charge is 0.0584 e. The molecule has 0 saturated carbocycles. The highest BCUT2D eigenvalue weighted by Gasteiger charge is 1.87. The van der Waals surface area contributed by atoms with Gasteiger partial charge in [0, 0.05) is 9.79 Å². The summed E-state index contributed by atoms with van der Waals surface area (Å²) in [5, 5.41) is 0. The molecule has 0 bridgehead atoms. The quantitative estimate of drug-likeness (QED) is 0.515. The van der Waals surface area contributed by atoms with Crippen LogP contribution in [0.4, 0.5) is 0 Å². The molecule has 32 valence electrons. The predicted molar refractivity (Wildman–Crippen MR) is 35.5 cm³/mol. The summed E-state index contributed by atoms with van der Waals surface area (Å²) in [6.07, 6.45) is 3.96. The minimum atomic E-state index is 0.887. The number of allylic oxidation sites excluding steroid dienone is 1. The second-order valence-corrected chi connectivity index (χ2v) is 2.33. The van der Waals surface area contributed by atoms with Crippen molar-refractivity contribution < 1.29 is 0 Å². The van der Waals surface area contributed by atoms with E-state index in [-0.39, 0.29) is 0 Å². The molecule has 0 spiro atoms. The van der Waals surface area contributed by atoms with Gasteiger partial charge in [0.2, 0.25) is 0 Å². The number of aliphatic imine (C=N–C) groups is 1. The SMILES string of the molecule is IC1=CCN=C1. The first-order valence-electron chi connectivity index (χ1n) is 1.75. The molecule has 0 N–H and O–H groups in total. The fourth-order valence-corrected chi connectivity index (χ4v) is 0.726. The minimum absolute atomic E-state index is 0.887. The molecule has 0 saturated heterocycles. The van der Waals surface area contributed by atoms with E-state index < -0.39 is 0 Å². The Balaban J connectivity index is 2.68. The molecule has 0 amide bonds. The van der Waals surface area contributed by atoms with Gasteiger partial charge in [0.05, 0.1) is 6.54 Å². The van der Waals surface area contributed by atoms with Gasteiger partial charge in [-0.15, -0.1) is 0 Å². The number of hydrogen-bond donors (Lipinski definition) is 0. The maximum Gasteiger partial charge on any atom is 0.0584 e. The third-order valence-electron chi connectivity index (χ3n) is 0.606. The fraction of sp³-hybridized carbons (Fsp3) is 0.250. The van der Waals surface area contributed by atoms with E-state index in [0.717, 1.165) is 6.54 Å². The molecule has 2 heteroatoms. The average molecular weight is 193 g/mol. The maximum atomic E-state index is 3.94. The van der Waals surface area contributed by atoms with E-state index in [0.29, 0.717) is 0 Å². The second-order valence-electron chi connectivity index (χ2n) is 1.08. The van der Waals surface area contributed by atoms with Crippen molar-refractivity contribution in [3.8, 4) is 0 Å². The first-order valence-corrected chi connectivity index (χ1v) is 2.83. The average Bonchev–Trinajstić information content (AvgIpc) is 1.86. The van der Waals surface area contributed by atoms with Crippen molar-refractivity contribution in [3.63, 3.8) is 0 Å². The lowest BCUT2D eigenvalue weighted by atomic mass is 10.6. The zero-order valence-electron chi connectivity index (χ0n) is 3.19. The lowest BCUT2D eigenvalue weighted by molar-refractivity contribution is 1.29. The molecule has 1 nitrogen and oxygen atoms in total. The van der Waals surface area contributed by atoms with Crippen LogP contribution >= 0.6 is 22.6 Å². The Morgan fingerprint density at radius 3 is 2.83 bits per heavy atom. The number of hydrogen-bond acceptors (Lipinski definition) is 1. The fourth-order valence-electron chi connectivity index (χ4n) is 0.333. The molecule has 0 atom stereocenters. The van der Waals surface area contributed by atoms with E-state index in [2.05, 4.69) is 33.7 Å². The summed E-state index contributed by atoms with van der Waals surface area (Å²) in [6, 6.07) is 0. The normalized spacial score (nSPS) is 18.5. The van der Waals surface area contributed by atoms with Crippen molar-refractivity contribution in [1.82, 2.24) is 0 Å². The van der Waals surface area contributed by atoms with Gasteiger partial charge < -0.3 is 0 Å². The summed E-state index contributed by atoms with van der Waals surface area (Å²) in [7, 11) is 0. The predicted octanol–water partition coefficient (Wildman–Crippen LogP) is 1.39. The van der Waals surface area contributed by atoms with Gasteiger partial charge >= 0.3 is 0 Å². The summed E-state index contributed by atoms with van der Waals surface area (Å²) in [4.78, 5) is 3.94. The highest BCUT2D eigenvalue weighted by atomic mass is 127. The lowest BCUT2D eigenvalue weighted by Gasteiger charge is -1.66. The molecule has 0 aromatic heterocycles. The summed E-state index contributed by atoms with van der Waals surface area (Å²) >= 11 is 2.24. The molecule has 0 unspecified atom stereocenters. The van der Waals surface area contributed by atoms with Gasteiger partial charge in [-0.1, -0.05) is 0 Å². The molecule has 1 aliphatic rings. The monoisotopic (exact) mass is 193 g/mol. The molecule has 0 fully saturated rings. The Morgan fingerprint density at radius 2 is 2.67 bits per heavy atom. The molecule has 1 aliphatic heterocycles. The van der Waals surface area contributed by atoms with Gasteiger partial charge in [-0.05, 0) is 28.7 Å². The molecule has 0 aromatic carbocycles. The van der Waals surface area contributed by atoms with Crippen molar-refractivity contribution >= 4 is 28.8 Å². The topological polar surface area (TPSA) is 12.4 Å². The van der Waals surface area contributed by atoms with E-state index in [1.165, 1.54) is 3.58 Å².